The zero-order valence-corrected chi connectivity index (χ0v) is 11.2. The van der Waals surface area contributed by atoms with E-state index < -0.39 is 11.4 Å². The van der Waals surface area contributed by atoms with Crippen LogP contribution in [0.3, 0.4) is 0 Å². The number of carbonyl (C=O) groups excluding carboxylic acids is 1. The predicted octanol–water partition coefficient (Wildman–Crippen LogP) is 1.89. The third kappa shape index (κ3) is 2.77. The second-order valence-corrected chi connectivity index (χ2v) is 5.52. The molecule has 2 N–H and O–H groups in total. The summed E-state index contributed by atoms with van der Waals surface area (Å²) < 4.78 is 0.981. The Hall–Kier alpha value is -1.11. The summed E-state index contributed by atoms with van der Waals surface area (Å²) in [5.74, 6) is -1.03. The van der Waals surface area contributed by atoms with Crippen LogP contribution in [0.4, 0.5) is 0 Å². The summed E-state index contributed by atoms with van der Waals surface area (Å²) in [5, 5.41) is 11.7. The number of carboxylic acids is 1. The molecule has 5 heteroatoms. The SMILES string of the molecule is O=C(NCC1(C(=O)O)CC1)c1cccc(I)c1. The summed E-state index contributed by atoms with van der Waals surface area (Å²) in [6.45, 7) is 0.215. The standard InChI is InChI=1S/C12H12INO3/c13-9-3-1-2-8(6-9)10(15)14-7-12(4-5-12)11(16)17/h1-3,6H,4-5,7H2,(H,14,15)(H,16,17). The fourth-order valence-corrected chi connectivity index (χ4v) is 2.14. The molecule has 0 aliphatic heterocycles. The fourth-order valence-electron chi connectivity index (χ4n) is 1.60. The summed E-state index contributed by atoms with van der Waals surface area (Å²) in [7, 11) is 0. The summed E-state index contributed by atoms with van der Waals surface area (Å²) >= 11 is 2.13. The molecule has 0 bridgehead atoms. The van der Waals surface area contributed by atoms with E-state index in [1.54, 1.807) is 18.2 Å². The van der Waals surface area contributed by atoms with E-state index in [9.17, 15) is 9.59 Å². The average Bonchev–Trinajstić information content (AvgIpc) is 3.07. The maximum atomic E-state index is 11.8. The van der Waals surface area contributed by atoms with Crippen LogP contribution in [0.25, 0.3) is 0 Å². The van der Waals surface area contributed by atoms with Crippen LogP contribution in [0.5, 0.6) is 0 Å². The van der Waals surface area contributed by atoms with Crippen molar-refractivity contribution in [2.75, 3.05) is 6.54 Å². The lowest BCUT2D eigenvalue weighted by Crippen LogP contribution is -2.34. The van der Waals surface area contributed by atoms with Crippen molar-refractivity contribution in [1.29, 1.82) is 0 Å². The van der Waals surface area contributed by atoms with Crippen LogP contribution in [0.1, 0.15) is 23.2 Å². The van der Waals surface area contributed by atoms with Gasteiger partial charge in [0.1, 0.15) is 0 Å². The molecule has 1 aromatic rings. The highest BCUT2D eigenvalue weighted by Crippen LogP contribution is 2.45. The lowest BCUT2D eigenvalue weighted by Gasteiger charge is -2.11. The quantitative estimate of drug-likeness (QED) is 0.819. The highest BCUT2D eigenvalue weighted by molar-refractivity contribution is 14.1. The third-order valence-corrected chi connectivity index (χ3v) is 3.65. The highest BCUT2D eigenvalue weighted by atomic mass is 127. The van der Waals surface area contributed by atoms with Crippen LogP contribution in [0.15, 0.2) is 24.3 Å². The molecule has 1 aromatic carbocycles. The van der Waals surface area contributed by atoms with Crippen molar-refractivity contribution in [2.24, 2.45) is 5.41 Å². The van der Waals surface area contributed by atoms with Crippen LogP contribution in [0, 0.1) is 8.99 Å². The van der Waals surface area contributed by atoms with Gasteiger partial charge in [0, 0.05) is 15.7 Å². The number of carboxylic acid groups (broad SMARTS) is 1. The van der Waals surface area contributed by atoms with Gasteiger partial charge >= 0.3 is 5.97 Å². The second-order valence-electron chi connectivity index (χ2n) is 4.28. The van der Waals surface area contributed by atoms with E-state index in [1.807, 2.05) is 6.07 Å². The minimum Gasteiger partial charge on any atom is -0.481 e. The van der Waals surface area contributed by atoms with Gasteiger partial charge in [0.2, 0.25) is 0 Å². The van der Waals surface area contributed by atoms with Crippen LogP contribution in [-0.2, 0) is 4.79 Å². The van der Waals surface area contributed by atoms with Gasteiger partial charge in [-0.2, -0.15) is 0 Å². The summed E-state index contributed by atoms with van der Waals surface area (Å²) in [4.78, 5) is 22.7. The monoisotopic (exact) mass is 345 g/mol. The number of carbonyl (C=O) groups is 2. The first kappa shape index (κ1) is 12.3. The Morgan fingerprint density at radius 1 is 1.41 bits per heavy atom. The molecule has 0 unspecified atom stereocenters. The van der Waals surface area contributed by atoms with Gasteiger partial charge in [-0.05, 0) is 53.6 Å². The minimum absolute atomic E-state index is 0.212. The Kier molecular flexibility index (Phi) is 3.37. The van der Waals surface area contributed by atoms with Crippen molar-refractivity contribution in [3.63, 3.8) is 0 Å². The molecule has 0 saturated heterocycles. The number of amides is 1. The summed E-state index contributed by atoms with van der Waals surface area (Å²) in [6.07, 6.45) is 1.30. The maximum absolute atomic E-state index is 11.8. The highest BCUT2D eigenvalue weighted by Gasteiger charge is 2.50. The molecular formula is C12H12INO3. The molecule has 0 heterocycles. The molecule has 90 valence electrons. The third-order valence-electron chi connectivity index (χ3n) is 2.98. The largest absolute Gasteiger partial charge is 0.481 e. The smallest absolute Gasteiger partial charge is 0.311 e. The molecule has 0 aromatic heterocycles. The molecular weight excluding hydrogens is 333 g/mol. The molecule has 17 heavy (non-hydrogen) atoms. The molecule has 0 atom stereocenters. The number of hydrogen-bond acceptors (Lipinski definition) is 2. The van der Waals surface area contributed by atoms with Crippen molar-refractivity contribution < 1.29 is 14.7 Å². The lowest BCUT2D eigenvalue weighted by atomic mass is 10.1. The van der Waals surface area contributed by atoms with Crippen molar-refractivity contribution >= 4 is 34.5 Å². The second kappa shape index (κ2) is 4.64. The van der Waals surface area contributed by atoms with E-state index in [2.05, 4.69) is 27.9 Å². The average molecular weight is 345 g/mol. The molecule has 0 spiro atoms. The van der Waals surface area contributed by atoms with Crippen LogP contribution in [-0.4, -0.2) is 23.5 Å². The van der Waals surface area contributed by atoms with E-state index in [0.717, 1.165) is 3.57 Å². The predicted molar refractivity (Wildman–Crippen MR) is 70.8 cm³/mol. The zero-order valence-electron chi connectivity index (χ0n) is 9.07. The molecule has 1 amide bonds. The normalized spacial score (nSPS) is 16.3. The van der Waals surface area contributed by atoms with E-state index >= 15 is 0 Å². The van der Waals surface area contributed by atoms with Crippen LogP contribution in [0.2, 0.25) is 0 Å². The molecule has 2 rings (SSSR count). The Balaban J connectivity index is 1.96. The Morgan fingerprint density at radius 3 is 2.65 bits per heavy atom. The first-order chi connectivity index (χ1) is 8.03. The van der Waals surface area contributed by atoms with Gasteiger partial charge < -0.3 is 10.4 Å². The van der Waals surface area contributed by atoms with Gasteiger partial charge in [0.05, 0.1) is 5.41 Å². The van der Waals surface area contributed by atoms with E-state index in [4.69, 9.17) is 5.11 Å². The maximum Gasteiger partial charge on any atom is 0.311 e. The molecule has 1 fully saturated rings. The van der Waals surface area contributed by atoms with Crippen molar-refractivity contribution in [2.45, 2.75) is 12.8 Å². The number of aliphatic carboxylic acids is 1. The lowest BCUT2D eigenvalue weighted by molar-refractivity contribution is -0.143. The van der Waals surface area contributed by atoms with Gasteiger partial charge in [-0.25, -0.2) is 0 Å². The van der Waals surface area contributed by atoms with Gasteiger partial charge in [-0.15, -0.1) is 0 Å². The molecule has 1 aliphatic carbocycles. The number of rotatable bonds is 4. The molecule has 4 nitrogen and oxygen atoms in total. The van der Waals surface area contributed by atoms with Crippen molar-refractivity contribution in [3.05, 3.63) is 33.4 Å². The molecule has 1 saturated carbocycles. The van der Waals surface area contributed by atoms with Gasteiger partial charge in [-0.1, -0.05) is 6.07 Å². The summed E-state index contributed by atoms with van der Waals surface area (Å²) in [5.41, 5.74) is -0.143. The fraction of sp³-hybridized carbons (Fsp3) is 0.333. The van der Waals surface area contributed by atoms with Gasteiger partial charge in [0.25, 0.3) is 5.91 Å². The number of benzene rings is 1. The summed E-state index contributed by atoms with van der Waals surface area (Å²) in [6, 6.07) is 7.20. The van der Waals surface area contributed by atoms with Crippen LogP contribution >= 0.6 is 22.6 Å². The van der Waals surface area contributed by atoms with Crippen LogP contribution < -0.4 is 5.32 Å². The van der Waals surface area contributed by atoms with E-state index in [1.165, 1.54) is 0 Å². The molecule has 1 aliphatic rings. The van der Waals surface area contributed by atoms with Crippen molar-refractivity contribution in [3.8, 4) is 0 Å². The van der Waals surface area contributed by atoms with Gasteiger partial charge in [0.15, 0.2) is 0 Å². The molecule has 0 radical (unpaired) electrons. The first-order valence-electron chi connectivity index (χ1n) is 5.31. The topological polar surface area (TPSA) is 66.4 Å². The Labute approximate surface area is 113 Å². The van der Waals surface area contributed by atoms with E-state index in [-0.39, 0.29) is 12.5 Å². The Morgan fingerprint density at radius 2 is 2.12 bits per heavy atom. The number of hydrogen-bond donors (Lipinski definition) is 2. The zero-order chi connectivity index (χ0) is 12.5. The number of nitrogens with one attached hydrogen (secondary N) is 1. The first-order valence-corrected chi connectivity index (χ1v) is 6.39. The minimum atomic E-state index is -0.819. The number of halogens is 1. The Bertz CT molecular complexity index is 469. The van der Waals surface area contributed by atoms with Gasteiger partial charge in [-0.3, -0.25) is 9.59 Å². The van der Waals surface area contributed by atoms with Crippen molar-refractivity contribution in [1.82, 2.24) is 5.32 Å². The van der Waals surface area contributed by atoms with E-state index in [0.29, 0.717) is 18.4 Å².